The standard InChI is InChI=1S/C15H17N3O2S/c1-20-13-10-17(9-12-6-7-16-18(12)11-13)15(19)5-4-14-3-2-8-21-14/h2-8,13H,9-11H2,1H3/b5-4+/t13-/m0/s1. The van der Waals surface area contributed by atoms with E-state index in [-0.39, 0.29) is 12.0 Å². The molecule has 0 spiro atoms. The van der Waals surface area contributed by atoms with Crippen LogP contribution < -0.4 is 0 Å². The van der Waals surface area contributed by atoms with E-state index in [1.807, 2.05) is 34.3 Å². The van der Waals surface area contributed by atoms with Crippen LogP contribution in [-0.4, -0.2) is 40.3 Å². The molecule has 110 valence electrons. The number of fused-ring (bicyclic) bond motifs is 1. The Balaban J connectivity index is 1.76. The molecule has 0 N–H and O–H groups in total. The van der Waals surface area contributed by atoms with Gasteiger partial charge in [-0.25, -0.2) is 0 Å². The third-order valence-electron chi connectivity index (χ3n) is 3.54. The minimum Gasteiger partial charge on any atom is -0.378 e. The highest BCUT2D eigenvalue weighted by Crippen LogP contribution is 2.15. The van der Waals surface area contributed by atoms with Crippen molar-refractivity contribution in [1.82, 2.24) is 14.7 Å². The Bertz CT molecular complexity index is 633. The van der Waals surface area contributed by atoms with Crippen LogP contribution in [0.1, 0.15) is 10.6 Å². The molecular weight excluding hydrogens is 286 g/mol. The molecule has 2 aromatic rings. The second-order valence-electron chi connectivity index (χ2n) is 4.93. The predicted molar refractivity (Wildman–Crippen MR) is 81.8 cm³/mol. The van der Waals surface area contributed by atoms with Crippen LogP contribution in [0, 0.1) is 0 Å². The summed E-state index contributed by atoms with van der Waals surface area (Å²) >= 11 is 1.61. The smallest absolute Gasteiger partial charge is 0.247 e. The Morgan fingerprint density at radius 2 is 2.38 bits per heavy atom. The van der Waals surface area contributed by atoms with Crippen LogP contribution in [0.4, 0.5) is 0 Å². The van der Waals surface area contributed by atoms with Crippen LogP contribution in [-0.2, 0) is 22.6 Å². The number of hydrogen-bond acceptors (Lipinski definition) is 4. The topological polar surface area (TPSA) is 47.4 Å². The van der Waals surface area contributed by atoms with Crippen molar-refractivity contribution in [3.8, 4) is 0 Å². The number of hydrogen-bond donors (Lipinski definition) is 0. The third-order valence-corrected chi connectivity index (χ3v) is 4.37. The lowest BCUT2D eigenvalue weighted by atomic mass is 10.3. The fourth-order valence-electron chi connectivity index (χ4n) is 2.38. The van der Waals surface area contributed by atoms with E-state index >= 15 is 0 Å². The first kappa shape index (κ1) is 14.0. The Labute approximate surface area is 127 Å². The van der Waals surface area contributed by atoms with E-state index in [0.717, 1.165) is 10.6 Å². The molecule has 21 heavy (non-hydrogen) atoms. The van der Waals surface area contributed by atoms with Crippen LogP contribution in [0.15, 0.2) is 35.9 Å². The van der Waals surface area contributed by atoms with Gasteiger partial charge in [-0.05, 0) is 23.6 Å². The highest BCUT2D eigenvalue weighted by molar-refractivity contribution is 7.10. The van der Waals surface area contributed by atoms with Crippen molar-refractivity contribution in [3.05, 3.63) is 46.4 Å². The molecule has 1 aliphatic heterocycles. The molecule has 0 fully saturated rings. The quantitative estimate of drug-likeness (QED) is 0.815. The zero-order valence-corrected chi connectivity index (χ0v) is 12.6. The van der Waals surface area contributed by atoms with Crippen LogP contribution in [0.3, 0.4) is 0 Å². The lowest BCUT2D eigenvalue weighted by Crippen LogP contribution is -2.35. The molecule has 0 aromatic carbocycles. The lowest BCUT2D eigenvalue weighted by Gasteiger charge is -2.21. The number of methoxy groups -OCH3 is 1. The summed E-state index contributed by atoms with van der Waals surface area (Å²) < 4.78 is 7.36. The number of carbonyl (C=O) groups excluding carboxylic acids is 1. The van der Waals surface area contributed by atoms with Gasteiger partial charge in [0.05, 0.1) is 24.9 Å². The monoisotopic (exact) mass is 303 g/mol. The van der Waals surface area contributed by atoms with Gasteiger partial charge in [-0.3, -0.25) is 9.48 Å². The van der Waals surface area contributed by atoms with E-state index < -0.39 is 0 Å². The molecule has 1 atom stereocenters. The highest BCUT2D eigenvalue weighted by Gasteiger charge is 2.24. The van der Waals surface area contributed by atoms with Gasteiger partial charge in [0, 0.05) is 30.8 Å². The summed E-state index contributed by atoms with van der Waals surface area (Å²) in [4.78, 5) is 15.3. The van der Waals surface area contributed by atoms with Crippen LogP contribution in [0.2, 0.25) is 0 Å². The molecular formula is C15H17N3O2S. The van der Waals surface area contributed by atoms with E-state index in [9.17, 15) is 4.79 Å². The van der Waals surface area contributed by atoms with Gasteiger partial charge in [0.15, 0.2) is 0 Å². The predicted octanol–water partition coefficient (Wildman–Crippen LogP) is 2.02. The lowest BCUT2D eigenvalue weighted by molar-refractivity contribution is -0.128. The number of amides is 1. The molecule has 0 saturated carbocycles. The molecule has 2 aromatic heterocycles. The molecule has 0 radical (unpaired) electrons. The molecule has 3 rings (SSSR count). The van der Waals surface area contributed by atoms with E-state index in [0.29, 0.717) is 19.6 Å². The van der Waals surface area contributed by atoms with Crippen molar-refractivity contribution in [3.63, 3.8) is 0 Å². The first-order valence-corrected chi connectivity index (χ1v) is 7.68. The molecule has 5 nitrogen and oxygen atoms in total. The van der Waals surface area contributed by atoms with Gasteiger partial charge >= 0.3 is 0 Å². The zero-order valence-electron chi connectivity index (χ0n) is 11.8. The summed E-state index contributed by atoms with van der Waals surface area (Å²) in [5.74, 6) is 0.0000926. The second-order valence-corrected chi connectivity index (χ2v) is 5.91. The molecule has 6 heteroatoms. The molecule has 1 aliphatic rings. The first-order valence-electron chi connectivity index (χ1n) is 6.80. The largest absolute Gasteiger partial charge is 0.378 e. The first-order chi connectivity index (χ1) is 10.3. The van der Waals surface area contributed by atoms with Gasteiger partial charge < -0.3 is 9.64 Å². The SMILES string of the molecule is CO[C@H]1CN(C(=O)/C=C/c2cccs2)Cc2ccnn2C1. The number of nitrogens with zero attached hydrogens (tertiary/aromatic N) is 3. The van der Waals surface area contributed by atoms with Gasteiger partial charge in [-0.2, -0.15) is 5.10 Å². The van der Waals surface area contributed by atoms with Crippen molar-refractivity contribution in [2.24, 2.45) is 0 Å². The fraction of sp³-hybridized carbons (Fsp3) is 0.333. The molecule has 0 bridgehead atoms. The Morgan fingerprint density at radius 3 is 3.14 bits per heavy atom. The van der Waals surface area contributed by atoms with Crippen molar-refractivity contribution >= 4 is 23.3 Å². The number of ether oxygens (including phenoxy) is 1. The average Bonchev–Trinajstić information content (AvgIpc) is 3.12. The summed E-state index contributed by atoms with van der Waals surface area (Å²) in [6.45, 7) is 1.82. The maximum absolute atomic E-state index is 12.4. The summed E-state index contributed by atoms with van der Waals surface area (Å²) in [7, 11) is 1.67. The van der Waals surface area contributed by atoms with Crippen molar-refractivity contribution in [1.29, 1.82) is 0 Å². The number of rotatable bonds is 3. The molecule has 0 saturated heterocycles. The Morgan fingerprint density at radius 1 is 1.48 bits per heavy atom. The van der Waals surface area contributed by atoms with Crippen molar-refractivity contribution < 1.29 is 9.53 Å². The normalized spacial score (nSPS) is 18.7. The maximum atomic E-state index is 12.4. The van der Waals surface area contributed by atoms with Crippen LogP contribution >= 0.6 is 11.3 Å². The van der Waals surface area contributed by atoms with Crippen LogP contribution in [0.5, 0.6) is 0 Å². The fourth-order valence-corrected chi connectivity index (χ4v) is 3.00. The third kappa shape index (κ3) is 3.22. The average molecular weight is 303 g/mol. The van der Waals surface area contributed by atoms with E-state index in [1.54, 1.807) is 35.6 Å². The van der Waals surface area contributed by atoms with E-state index in [1.165, 1.54) is 0 Å². The Hall–Kier alpha value is -1.92. The maximum Gasteiger partial charge on any atom is 0.247 e. The van der Waals surface area contributed by atoms with Crippen molar-refractivity contribution in [2.75, 3.05) is 13.7 Å². The van der Waals surface area contributed by atoms with Gasteiger partial charge in [0.1, 0.15) is 0 Å². The Kier molecular flexibility index (Phi) is 4.17. The second kappa shape index (κ2) is 6.24. The van der Waals surface area contributed by atoms with Gasteiger partial charge in [-0.15, -0.1) is 11.3 Å². The summed E-state index contributed by atoms with van der Waals surface area (Å²) in [5.41, 5.74) is 1.03. The van der Waals surface area contributed by atoms with Gasteiger partial charge in [0.25, 0.3) is 0 Å². The molecule has 3 heterocycles. The molecule has 0 unspecified atom stereocenters. The van der Waals surface area contributed by atoms with Gasteiger partial charge in [-0.1, -0.05) is 6.07 Å². The molecule has 0 aliphatic carbocycles. The van der Waals surface area contributed by atoms with Crippen LogP contribution in [0.25, 0.3) is 6.08 Å². The summed E-state index contributed by atoms with van der Waals surface area (Å²) in [6, 6.07) is 5.91. The summed E-state index contributed by atoms with van der Waals surface area (Å²) in [6.07, 6.45) is 5.21. The van der Waals surface area contributed by atoms with E-state index in [2.05, 4.69) is 5.10 Å². The van der Waals surface area contributed by atoms with Crippen molar-refractivity contribution in [2.45, 2.75) is 19.2 Å². The number of aromatic nitrogens is 2. The number of thiophene rings is 1. The van der Waals surface area contributed by atoms with E-state index in [4.69, 9.17) is 4.74 Å². The summed E-state index contributed by atoms with van der Waals surface area (Å²) in [5, 5.41) is 6.27. The minimum atomic E-state index is -0.0368. The zero-order chi connectivity index (χ0) is 14.7. The molecule has 1 amide bonds. The minimum absolute atomic E-state index is 0.0000926. The van der Waals surface area contributed by atoms with Gasteiger partial charge in [0.2, 0.25) is 5.91 Å². The highest BCUT2D eigenvalue weighted by atomic mass is 32.1. The number of carbonyl (C=O) groups is 1.